The van der Waals surface area contributed by atoms with Crippen molar-refractivity contribution in [3.63, 3.8) is 0 Å². The summed E-state index contributed by atoms with van der Waals surface area (Å²) in [5.41, 5.74) is -0.230. The van der Waals surface area contributed by atoms with Crippen LogP contribution in [-0.2, 0) is 14.8 Å². The number of piperidine rings is 1. The highest BCUT2D eigenvalue weighted by atomic mass is 35.5. The van der Waals surface area contributed by atoms with E-state index in [1.807, 2.05) is 0 Å². The highest BCUT2D eigenvalue weighted by Crippen LogP contribution is 2.30. The van der Waals surface area contributed by atoms with Crippen molar-refractivity contribution in [2.24, 2.45) is 0 Å². The SMILES string of the molecule is O=C(O)c1ccc(Cl)c(S(=O)(=O)N2CCCC[C@H]2C(=O)O)c1. The van der Waals surface area contributed by atoms with Crippen molar-refractivity contribution in [3.8, 4) is 0 Å². The number of rotatable bonds is 4. The van der Waals surface area contributed by atoms with Crippen LogP contribution < -0.4 is 0 Å². The number of aliphatic carboxylic acids is 1. The number of sulfonamides is 1. The minimum atomic E-state index is -4.19. The van der Waals surface area contributed by atoms with Crippen LogP contribution in [0.3, 0.4) is 0 Å². The number of hydrogen-bond donors (Lipinski definition) is 2. The fraction of sp³-hybridized carbons (Fsp3) is 0.385. The van der Waals surface area contributed by atoms with E-state index in [2.05, 4.69) is 0 Å². The lowest BCUT2D eigenvalue weighted by atomic mass is 10.1. The Hall–Kier alpha value is -1.64. The molecule has 9 heteroatoms. The first-order chi connectivity index (χ1) is 10.2. The van der Waals surface area contributed by atoms with E-state index in [9.17, 15) is 23.1 Å². The first-order valence-corrected chi connectivity index (χ1v) is 8.34. The number of carboxylic acids is 2. The number of carboxylic acid groups (broad SMARTS) is 2. The molecule has 0 saturated carbocycles. The van der Waals surface area contributed by atoms with Crippen molar-refractivity contribution in [1.82, 2.24) is 4.31 Å². The quantitative estimate of drug-likeness (QED) is 0.856. The van der Waals surface area contributed by atoms with Crippen LogP contribution in [0.25, 0.3) is 0 Å². The van der Waals surface area contributed by atoms with Gasteiger partial charge in [-0.3, -0.25) is 4.79 Å². The van der Waals surface area contributed by atoms with E-state index < -0.39 is 28.0 Å². The topological polar surface area (TPSA) is 112 Å². The third-order valence-electron chi connectivity index (χ3n) is 3.50. The highest BCUT2D eigenvalue weighted by molar-refractivity contribution is 7.89. The summed E-state index contributed by atoms with van der Waals surface area (Å²) in [6.07, 6.45) is 1.37. The fourth-order valence-electron chi connectivity index (χ4n) is 2.40. The van der Waals surface area contributed by atoms with E-state index in [0.717, 1.165) is 10.4 Å². The van der Waals surface area contributed by atoms with Gasteiger partial charge in [0.15, 0.2) is 0 Å². The van der Waals surface area contributed by atoms with Gasteiger partial charge in [-0.05, 0) is 37.5 Å². The summed E-state index contributed by atoms with van der Waals surface area (Å²) in [5.74, 6) is -2.52. The Balaban J connectivity index is 2.51. The van der Waals surface area contributed by atoms with E-state index in [-0.39, 0.29) is 28.4 Å². The number of hydrogen-bond acceptors (Lipinski definition) is 4. The highest BCUT2D eigenvalue weighted by Gasteiger charge is 2.38. The molecular weight excluding hydrogens is 334 g/mol. The molecule has 22 heavy (non-hydrogen) atoms. The van der Waals surface area contributed by atoms with Gasteiger partial charge in [-0.25, -0.2) is 13.2 Å². The Morgan fingerprint density at radius 1 is 1.23 bits per heavy atom. The first kappa shape index (κ1) is 16.7. The lowest BCUT2D eigenvalue weighted by Gasteiger charge is -2.32. The minimum absolute atomic E-state index is 0.0624. The van der Waals surface area contributed by atoms with Gasteiger partial charge in [0.25, 0.3) is 0 Å². The summed E-state index contributed by atoms with van der Waals surface area (Å²) >= 11 is 5.89. The average Bonchev–Trinajstić information content (AvgIpc) is 2.47. The maximum Gasteiger partial charge on any atom is 0.335 e. The average molecular weight is 348 g/mol. The Morgan fingerprint density at radius 2 is 1.91 bits per heavy atom. The molecule has 0 bridgehead atoms. The molecule has 1 aliphatic heterocycles. The normalized spacial score (nSPS) is 19.8. The van der Waals surface area contributed by atoms with Crippen molar-refractivity contribution in [2.75, 3.05) is 6.54 Å². The Bertz CT molecular complexity index is 717. The fourth-order valence-corrected chi connectivity index (χ4v) is 4.55. The first-order valence-electron chi connectivity index (χ1n) is 6.52. The van der Waals surface area contributed by atoms with E-state index in [1.54, 1.807) is 0 Å². The molecule has 0 radical (unpaired) electrons. The predicted octanol–water partition coefficient (Wildman–Crippen LogP) is 1.67. The molecule has 0 amide bonds. The number of benzene rings is 1. The van der Waals surface area contributed by atoms with E-state index >= 15 is 0 Å². The molecule has 0 unspecified atom stereocenters. The molecule has 1 aromatic rings. The molecule has 2 N–H and O–H groups in total. The van der Waals surface area contributed by atoms with E-state index in [1.165, 1.54) is 12.1 Å². The summed E-state index contributed by atoms with van der Waals surface area (Å²) in [7, 11) is -4.19. The second-order valence-electron chi connectivity index (χ2n) is 4.92. The van der Waals surface area contributed by atoms with Crippen LogP contribution in [0.15, 0.2) is 23.1 Å². The van der Waals surface area contributed by atoms with Crippen LogP contribution in [0, 0.1) is 0 Å². The zero-order chi connectivity index (χ0) is 16.5. The lowest BCUT2D eigenvalue weighted by molar-refractivity contribution is -0.142. The molecule has 1 heterocycles. The molecule has 1 aromatic carbocycles. The second-order valence-corrected chi connectivity index (χ2v) is 7.18. The summed E-state index contributed by atoms with van der Waals surface area (Å²) in [6, 6.07) is 2.16. The van der Waals surface area contributed by atoms with Crippen molar-refractivity contribution in [2.45, 2.75) is 30.2 Å². The van der Waals surface area contributed by atoms with Gasteiger partial charge in [0.05, 0.1) is 10.6 Å². The molecule has 1 aliphatic rings. The Morgan fingerprint density at radius 3 is 2.50 bits per heavy atom. The van der Waals surface area contributed by atoms with Gasteiger partial charge in [0.2, 0.25) is 10.0 Å². The second kappa shape index (κ2) is 6.23. The predicted molar refractivity (Wildman–Crippen MR) is 77.6 cm³/mol. The largest absolute Gasteiger partial charge is 0.480 e. The molecule has 1 fully saturated rings. The molecule has 0 aromatic heterocycles. The molecule has 7 nitrogen and oxygen atoms in total. The van der Waals surface area contributed by atoms with Gasteiger partial charge in [0, 0.05) is 6.54 Å². The van der Waals surface area contributed by atoms with Crippen molar-refractivity contribution >= 4 is 33.6 Å². The summed E-state index contributed by atoms with van der Waals surface area (Å²) in [5, 5.41) is 18.0. The summed E-state index contributed by atoms with van der Waals surface area (Å²) < 4.78 is 26.2. The van der Waals surface area contributed by atoms with Gasteiger partial charge in [0.1, 0.15) is 10.9 Å². The lowest BCUT2D eigenvalue weighted by Crippen LogP contribution is -2.47. The number of halogens is 1. The third kappa shape index (κ3) is 3.08. The van der Waals surface area contributed by atoms with Crippen LogP contribution >= 0.6 is 11.6 Å². The van der Waals surface area contributed by atoms with Gasteiger partial charge in [-0.1, -0.05) is 11.6 Å². The molecule has 1 saturated heterocycles. The maximum absolute atomic E-state index is 12.7. The summed E-state index contributed by atoms with van der Waals surface area (Å²) in [4.78, 5) is 21.9. The molecule has 0 spiro atoms. The third-order valence-corrected chi connectivity index (χ3v) is 5.89. The van der Waals surface area contributed by atoms with Crippen molar-refractivity contribution < 1.29 is 28.2 Å². The Kier molecular flexibility index (Phi) is 4.74. The Labute approximate surface area is 132 Å². The monoisotopic (exact) mass is 347 g/mol. The van der Waals surface area contributed by atoms with Gasteiger partial charge >= 0.3 is 11.9 Å². The molecule has 0 aliphatic carbocycles. The smallest absolute Gasteiger partial charge is 0.335 e. The molecule has 2 rings (SSSR count). The zero-order valence-corrected chi connectivity index (χ0v) is 13.0. The summed E-state index contributed by atoms with van der Waals surface area (Å²) in [6.45, 7) is 0.0624. The number of aromatic carboxylic acids is 1. The molecular formula is C13H14ClNO6S. The standard InChI is InChI=1S/C13H14ClNO6S/c14-9-5-4-8(12(16)17)7-11(9)22(20,21)15-6-2-1-3-10(15)13(18)19/h4-5,7,10H,1-3,6H2,(H,16,17)(H,18,19)/t10-/m0/s1. The van der Waals surface area contributed by atoms with E-state index in [4.69, 9.17) is 16.7 Å². The van der Waals surface area contributed by atoms with Crippen LogP contribution in [-0.4, -0.2) is 47.5 Å². The van der Waals surface area contributed by atoms with Crippen molar-refractivity contribution in [3.05, 3.63) is 28.8 Å². The zero-order valence-electron chi connectivity index (χ0n) is 11.4. The van der Waals surface area contributed by atoms with Gasteiger partial charge in [-0.15, -0.1) is 0 Å². The molecule has 120 valence electrons. The molecule has 1 atom stereocenters. The maximum atomic E-state index is 12.7. The van der Waals surface area contributed by atoms with Crippen LogP contribution in [0.2, 0.25) is 5.02 Å². The minimum Gasteiger partial charge on any atom is -0.480 e. The van der Waals surface area contributed by atoms with Crippen LogP contribution in [0.5, 0.6) is 0 Å². The van der Waals surface area contributed by atoms with E-state index in [0.29, 0.717) is 12.8 Å². The van der Waals surface area contributed by atoms with Crippen molar-refractivity contribution in [1.29, 1.82) is 0 Å². The van der Waals surface area contributed by atoms with Crippen LogP contribution in [0.4, 0.5) is 0 Å². The number of carbonyl (C=O) groups is 2. The van der Waals surface area contributed by atoms with Gasteiger partial charge in [-0.2, -0.15) is 4.31 Å². The number of nitrogens with zero attached hydrogens (tertiary/aromatic N) is 1. The van der Waals surface area contributed by atoms with Gasteiger partial charge < -0.3 is 10.2 Å². The van der Waals surface area contributed by atoms with Crippen LogP contribution in [0.1, 0.15) is 29.6 Å².